The van der Waals surface area contributed by atoms with Gasteiger partial charge in [-0.05, 0) is 37.5 Å². The monoisotopic (exact) mass is 407 g/mol. The van der Waals surface area contributed by atoms with E-state index in [0.717, 1.165) is 21.9 Å². The topological polar surface area (TPSA) is 80.3 Å². The molecule has 0 spiro atoms. The van der Waals surface area contributed by atoms with E-state index in [4.69, 9.17) is 4.74 Å². The van der Waals surface area contributed by atoms with Crippen LogP contribution < -0.4 is 10.6 Å². The van der Waals surface area contributed by atoms with Crippen LogP contribution in [0, 0.1) is 12.8 Å². The molecule has 1 aromatic carbocycles. The zero-order chi connectivity index (χ0) is 19.8. The Kier molecular flexibility index (Phi) is 8.12. The number of benzene rings is 1. The van der Waals surface area contributed by atoms with Gasteiger partial charge in [0.05, 0.1) is 24.4 Å². The van der Waals surface area contributed by atoms with Gasteiger partial charge >= 0.3 is 12.0 Å². The minimum atomic E-state index is -0.359. The minimum Gasteiger partial charge on any atom is -0.466 e. The average Bonchev–Trinajstić information content (AvgIpc) is 3.01. The first kappa shape index (κ1) is 21.2. The number of thiazole rings is 1. The maximum atomic E-state index is 12.3. The van der Waals surface area contributed by atoms with Crippen LogP contribution in [0.25, 0.3) is 0 Å². The molecule has 0 atom stereocenters. The Labute approximate surface area is 168 Å². The highest BCUT2D eigenvalue weighted by Crippen LogP contribution is 2.30. The van der Waals surface area contributed by atoms with Crippen LogP contribution in [0.4, 0.5) is 15.6 Å². The van der Waals surface area contributed by atoms with Crippen molar-refractivity contribution in [2.24, 2.45) is 5.92 Å². The van der Waals surface area contributed by atoms with Crippen LogP contribution in [0.2, 0.25) is 0 Å². The van der Waals surface area contributed by atoms with Gasteiger partial charge in [0.25, 0.3) is 0 Å². The smallest absolute Gasteiger partial charge is 0.325 e. The summed E-state index contributed by atoms with van der Waals surface area (Å²) in [6.07, 6.45) is 0.0988. The molecule has 1 heterocycles. The fraction of sp³-hybridized carbons (Fsp3) is 0.421. The Hall–Kier alpha value is -2.06. The number of nitrogens with zero attached hydrogens (tertiary/aromatic N) is 1. The molecule has 0 unspecified atom stereocenters. The van der Waals surface area contributed by atoms with Crippen LogP contribution in [0.3, 0.4) is 0 Å². The Morgan fingerprint density at radius 1 is 1.30 bits per heavy atom. The van der Waals surface area contributed by atoms with Gasteiger partial charge in [-0.3, -0.25) is 10.1 Å². The summed E-state index contributed by atoms with van der Waals surface area (Å²) in [4.78, 5) is 29.1. The molecule has 1 aromatic heterocycles. The molecule has 2 rings (SSSR count). The fourth-order valence-corrected chi connectivity index (χ4v) is 3.93. The SMILES string of the molecule is CCOC(=O)Cc1csc(NC(=O)Nc2ccc(C)cc2SCC(C)C)n1. The van der Waals surface area contributed by atoms with E-state index in [1.165, 1.54) is 11.3 Å². The number of carbonyl (C=O) groups is 2. The first-order chi connectivity index (χ1) is 12.9. The lowest BCUT2D eigenvalue weighted by Crippen LogP contribution is -2.20. The van der Waals surface area contributed by atoms with Crippen LogP contribution in [0.5, 0.6) is 0 Å². The predicted molar refractivity (Wildman–Crippen MR) is 112 cm³/mol. The van der Waals surface area contributed by atoms with Crippen LogP contribution in [0.15, 0.2) is 28.5 Å². The highest BCUT2D eigenvalue weighted by Gasteiger charge is 2.12. The molecule has 0 bridgehead atoms. The number of aromatic nitrogens is 1. The van der Waals surface area contributed by atoms with Crippen LogP contribution in [0.1, 0.15) is 32.0 Å². The first-order valence-corrected chi connectivity index (χ1v) is 10.7. The standard InChI is InChI=1S/C19H25N3O3S2/c1-5-25-17(23)9-14-11-27-19(20-14)22-18(24)21-15-7-6-13(4)8-16(15)26-10-12(2)3/h6-8,11-12H,5,9-10H2,1-4H3,(H2,20,21,22,24). The van der Waals surface area contributed by atoms with E-state index in [1.807, 2.05) is 19.1 Å². The number of amides is 2. The number of aryl methyl sites for hydroxylation is 1. The molecular weight excluding hydrogens is 382 g/mol. The summed E-state index contributed by atoms with van der Waals surface area (Å²) in [7, 11) is 0. The predicted octanol–water partition coefficient (Wildman–Crippen LogP) is 4.95. The summed E-state index contributed by atoms with van der Waals surface area (Å²) in [6.45, 7) is 8.46. The number of ether oxygens (including phenoxy) is 1. The highest BCUT2D eigenvalue weighted by molar-refractivity contribution is 7.99. The second-order valence-electron chi connectivity index (χ2n) is 6.41. The largest absolute Gasteiger partial charge is 0.466 e. The number of thioether (sulfide) groups is 1. The van der Waals surface area contributed by atoms with Crippen molar-refractivity contribution < 1.29 is 14.3 Å². The van der Waals surface area contributed by atoms with Gasteiger partial charge in [-0.2, -0.15) is 0 Å². The number of urea groups is 1. The fourth-order valence-electron chi connectivity index (χ4n) is 2.16. The Balaban J connectivity index is 1.97. The molecule has 2 aromatic rings. The minimum absolute atomic E-state index is 0.0988. The lowest BCUT2D eigenvalue weighted by atomic mass is 10.2. The lowest BCUT2D eigenvalue weighted by molar-refractivity contribution is -0.142. The van der Waals surface area contributed by atoms with Gasteiger partial charge in [-0.1, -0.05) is 19.9 Å². The second kappa shape index (κ2) is 10.3. The number of carbonyl (C=O) groups excluding carboxylic acids is 2. The van der Waals surface area contributed by atoms with E-state index < -0.39 is 0 Å². The number of hydrogen-bond donors (Lipinski definition) is 2. The number of rotatable bonds is 8. The molecular formula is C19H25N3O3S2. The molecule has 0 aliphatic carbocycles. The molecule has 2 N–H and O–H groups in total. The maximum Gasteiger partial charge on any atom is 0.325 e. The highest BCUT2D eigenvalue weighted by atomic mass is 32.2. The van der Waals surface area contributed by atoms with Gasteiger partial charge in [-0.15, -0.1) is 23.1 Å². The second-order valence-corrected chi connectivity index (χ2v) is 8.33. The molecule has 0 saturated carbocycles. The van der Waals surface area contributed by atoms with E-state index in [9.17, 15) is 9.59 Å². The zero-order valence-electron chi connectivity index (χ0n) is 16.0. The van der Waals surface area contributed by atoms with E-state index >= 15 is 0 Å². The normalized spacial score (nSPS) is 10.7. The van der Waals surface area contributed by atoms with Crippen molar-refractivity contribution in [1.29, 1.82) is 0 Å². The maximum absolute atomic E-state index is 12.3. The molecule has 0 aliphatic heterocycles. The molecule has 146 valence electrons. The first-order valence-electron chi connectivity index (χ1n) is 8.78. The zero-order valence-corrected chi connectivity index (χ0v) is 17.6. The van der Waals surface area contributed by atoms with Gasteiger partial charge in [-0.25, -0.2) is 9.78 Å². The van der Waals surface area contributed by atoms with Gasteiger partial charge in [0.1, 0.15) is 0 Å². The van der Waals surface area contributed by atoms with E-state index in [1.54, 1.807) is 24.1 Å². The van der Waals surface area contributed by atoms with Crippen molar-refractivity contribution in [2.75, 3.05) is 23.0 Å². The van der Waals surface area contributed by atoms with Crippen molar-refractivity contribution in [3.8, 4) is 0 Å². The third-order valence-corrected chi connectivity index (χ3v) is 5.65. The number of anilines is 2. The summed E-state index contributed by atoms with van der Waals surface area (Å²) in [5.74, 6) is 1.21. The third kappa shape index (κ3) is 7.22. The molecule has 2 amide bonds. The van der Waals surface area contributed by atoms with E-state index in [0.29, 0.717) is 23.4 Å². The summed E-state index contributed by atoms with van der Waals surface area (Å²) in [5, 5.41) is 7.78. The quantitative estimate of drug-likeness (QED) is 0.478. The van der Waals surface area contributed by atoms with E-state index in [2.05, 4.69) is 35.5 Å². The molecule has 0 fully saturated rings. The number of hydrogen-bond acceptors (Lipinski definition) is 6. The molecule has 0 saturated heterocycles. The molecule has 6 nitrogen and oxygen atoms in total. The van der Waals surface area contributed by atoms with E-state index in [-0.39, 0.29) is 18.4 Å². The van der Waals surface area contributed by atoms with Crippen LogP contribution >= 0.6 is 23.1 Å². The van der Waals surface area contributed by atoms with Gasteiger partial charge in [0, 0.05) is 16.0 Å². The van der Waals surface area contributed by atoms with Gasteiger partial charge < -0.3 is 10.1 Å². The number of esters is 1. The van der Waals surface area contributed by atoms with Crippen molar-refractivity contribution in [2.45, 2.75) is 39.0 Å². The lowest BCUT2D eigenvalue weighted by Gasteiger charge is -2.13. The summed E-state index contributed by atoms with van der Waals surface area (Å²) >= 11 is 3.00. The van der Waals surface area contributed by atoms with Crippen molar-refractivity contribution in [1.82, 2.24) is 4.98 Å². The molecule has 8 heteroatoms. The summed E-state index contributed by atoms with van der Waals surface area (Å²) < 4.78 is 4.90. The van der Waals surface area contributed by atoms with Crippen LogP contribution in [-0.2, 0) is 16.0 Å². The van der Waals surface area contributed by atoms with Crippen molar-refractivity contribution in [3.05, 3.63) is 34.8 Å². The molecule has 27 heavy (non-hydrogen) atoms. The van der Waals surface area contributed by atoms with Crippen molar-refractivity contribution >= 4 is 45.9 Å². The van der Waals surface area contributed by atoms with Crippen molar-refractivity contribution in [3.63, 3.8) is 0 Å². The van der Waals surface area contributed by atoms with Gasteiger partial charge in [0.15, 0.2) is 5.13 Å². The van der Waals surface area contributed by atoms with Crippen LogP contribution in [-0.4, -0.2) is 29.3 Å². The Bertz CT molecular complexity index is 790. The van der Waals surface area contributed by atoms with Gasteiger partial charge in [0.2, 0.25) is 0 Å². The Morgan fingerprint density at radius 3 is 2.78 bits per heavy atom. The summed E-state index contributed by atoms with van der Waals surface area (Å²) in [5.41, 5.74) is 2.50. The summed E-state index contributed by atoms with van der Waals surface area (Å²) in [6, 6.07) is 5.59. The number of nitrogens with one attached hydrogen (secondary N) is 2. The Morgan fingerprint density at radius 2 is 2.07 bits per heavy atom. The molecule has 0 aliphatic rings. The molecule has 0 radical (unpaired) electrons. The average molecular weight is 408 g/mol. The third-order valence-electron chi connectivity index (χ3n) is 3.36.